The molecule has 0 unspecified atom stereocenters. The van der Waals surface area contributed by atoms with Crippen LogP contribution >= 0.6 is 24.0 Å². The minimum absolute atomic E-state index is 0.105. The summed E-state index contributed by atoms with van der Waals surface area (Å²) in [6.07, 6.45) is 0.290. The fourth-order valence-corrected chi connectivity index (χ4v) is 4.64. The van der Waals surface area contributed by atoms with E-state index in [4.69, 9.17) is 12.2 Å². The van der Waals surface area contributed by atoms with Gasteiger partial charge in [-0.1, -0.05) is 42.5 Å². The molecule has 0 spiro atoms. The molecule has 2 aliphatic rings. The second kappa shape index (κ2) is 6.33. The molecule has 1 aromatic rings. The van der Waals surface area contributed by atoms with Crippen molar-refractivity contribution in [2.45, 2.75) is 24.8 Å². The standard InChI is InChI=1S/C16H16N2O3S2/c1-9-8-23-15-12(14(22)18(15)13(9)16(20)21)17-11(19)7-10-5-3-2-4-6-10/h2-6,12,15H,7-8H2,1H3,(H,17,19)(H,20,21)/t12-,15-/m1/s1. The Morgan fingerprint density at radius 3 is 2.74 bits per heavy atom. The molecule has 0 saturated carbocycles. The van der Waals surface area contributed by atoms with Crippen molar-refractivity contribution in [1.29, 1.82) is 0 Å². The maximum Gasteiger partial charge on any atom is 0.352 e. The predicted octanol–water partition coefficient (Wildman–Crippen LogP) is 1.79. The van der Waals surface area contributed by atoms with E-state index in [2.05, 4.69) is 5.32 Å². The van der Waals surface area contributed by atoms with Crippen LogP contribution in [0.25, 0.3) is 0 Å². The average Bonchev–Trinajstić information content (AvgIpc) is 2.53. The molecule has 23 heavy (non-hydrogen) atoms. The van der Waals surface area contributed by atoms with Crippen molar-refractivity contribution in [3.8, 4) is 0 Å². The second-order valence-corrected chi connectivity index (χ2v) is 7.07. The number of amides is 1. The zero-order valence-electron chi connectivity index (χ0n) is 12.5. The van der Waals surface area contributed by atoms with Crippen LogP contribution in [0.4, 0.5) is 0 Å². The van der Waals surface area contributed by atoms with Gasteiger partial charge in [0.2, 0.25) is 5.91 Å². The Labute approximate surface area is 143 Å². The van der Waals surface area contributed by atoms with Crippen LogP contribution in [0.2, 0.25) is 0 Å². The molecule has 0 aromatic heterocycles. The van der Waals surface area contributed by atoms with Gasteiger partial charge in [-0.25, -0.2) is 4.79 Å². The van der Waals surface area contributed by atoms with Gasteiger partial charge in [0.05, 0.1) is 6.42 Å². The number of carboxylic acids is 1. The van der Waals surface area contributed by atoms with Crippen LogP contribution in [0.3, 0.4) is 0 Å². The zero-order chi connectivity index (χ0) is 16.6. The molecule has 0 radical (unpaired) electrons. The van der Waals surface area contributed by atoms with Crippen molar-refractivity contribution in [2.75, 3.05) is 5.75 Å². The van der Waals surface area contributed by atoms with E-state index in [9.17, 15) is 14.7 Å². The third kappa shape index (κ3) is 2.98. The van der Waals surface area contributed by atoms with Gasteiger partial charge in [0.25, 0.3) is 0 Å². The number of thiocarbonyl (C=S) groups is 1. The maximum absolute atomic E-state index is 12.2. The highest BCUT2D eigenvalue weighted by Crippen LogP contribution is 2.40. The Kier molecular flexibility index (Phi) is 4.41. The third-order valence-electron chi connectivity index (χ3n) is 3.89. The maximum atomic E-state index is 12.2. The van der Waals surface area contributed by atoms with Crippen LogP contribution < -0.4 is 5.32 Å². The Morgan fingerprint density at radius 2 is 2.09 bits per heavy atom. The topological polar surface area (TPSA) is 69.6 Å². The number of thioether (sulfide) groups is 1. The molecule has 2 aliphatic heterocycles. The molecule has 2 N–H and O–H groups in total. The van der Waals surface area contributed by atoms with E-state index in [1.807, 2.05) is 30.3 Å². The first-order chi connectivity index (χ1) is 11.0. The number of carbonyl (C=O) groups excluding carboxylic acids is 1. The largest absolute Gasteiger partial charge is 0.477 e. The lowest BCUT2D eigenvalue weighted by Gasteiger charge is -2.51. The molecule has 0 aliphatic carbocycles. The van der Waals surface area contributed by atoms with E-state index in [0.29, 0.717) is 10.7 Å². The third-order valence-corrected chi connectivity index (χ3v) is 5.76. The van der Waals surface area contributed by atoms with Crippen LogP contribution in [0.5, 0.6) is 0 Å². The molecule has 7 heteroatoms. The second-order valence-electron chi connectivity index (χ2n) is 5.55. The summed E-state index contributed by atoms with van der Waals surface area (Å²) in [6.45, 7) is 1.80. The lowest BCUT2D eigenvalue weighted by atomic mass is 10.0. The van der Waals surface area contributed by atoms with Crippen LogP contribution in [-0.4, -0.2) is 44.0 Å². The number of aliphatic carboxylic acids is 1. The molecule has 1 fully saturated rings. The molecule has 2 heterocycles. The van der Waals surface area contributed by atoms with Crippen molar-refractivity contribution in [3.05, 3.63) is 47.2 Å². The van der Waals surface area contributed by atoms with Gasteiger partial charge in [-0.15, -0.1) is 11.8 Å². The lowest BCUT2D eigenvalue weighted by Crippen LogP contribution is -2.69. The first-order valence-electron chi connectivity index (χ1n) is 7.20. The normalized spacial score (nSPS) is 23.2. The monoisotopic (exact) mass is 348 g/mol. The van der Waals surface area contributed by atoms with E-state index in [1.165, 1.54) is 0 Å². The van der Waals surface area contributed by atoms with Crippen LogP contribution in [0.1, 0.15) is 12.5 Å². The highest BCUT2D eigenvalue weighted by Gasteiger charge is 2.50. The van der Waals surface area contributed by atoms with Gasteiger partial charge >= 0.3 is 5.97 Å². The summed E-state index contributed by atoms with van der Waals surface area (Å²) in [4.78, 5) is 25.7. The highest BCUT2D eigenvalue weighted by molar-refractivity contribution is 8.00. The Bertz CT molecular complexity index is 703. The number of nitrogens with zero attached hydrogens (tertiary/aromatic N) is 1. The predicted molar refractivity (Wildman–Crippen MR) is 93.1 cm³/mol. The summed E-state index contributed by atoms with van der Waals surface area (Å²) in [5, 5.41) is 12.2. The fourth-order valence-electron chi connectivity index (χ4n) is 2.78. The molecule has 1 amide bonds. The SMILES string of the molecule is CC1=C(C(=O)O)N2C(=S)[C@@H](NC(=O)Cc3ccccc3)[C@H]2SC1. The van der Waals surface area contributed by atoms with E-state index < -0.39 is 5.97 Å². The quantitative estimate of drug-likeness (QED) is 0.809. The van der Waals surface area contributed by atoms with Crippen molar-refractivity contribution >= 4 is 40.8 Å². The first-order valence-corrected chi connectivity index (χ1v) is 8.65. The summed E-state index contributed by atoms with van der Waals surface area (Å²) in [7, 11) is 0. The zero-order valence-corrected chi connectivity index (χ0v) is 14.1. The number of benzene rings is 1. The number of rotatable bonds is 4. The van der Waals surface area contributed by atoms with Crippen molar-refractivity contribution < 1.29 is 14.7 Å². The minimum Gasteiger partial charge on any atom is -0.477 e. The van der Waals surface area contributed by atoms with Crippen LogP contribution in [0.15, 0.2) is 41.6 Å². The van der Waals surface area contributed by atoms with Crippen LogP contribution in [0, 0.1) is 0 Å². The summed E-state index contributed by atoms with van der Waals surface area (Å²) >= 11 is 6.94. The van der Waals surface area contributed by atoms with Gasteiger partial charge in [-0.2, -0.15) is 0 Å². The van der Waals surface area contributed by atoms with Gasteiger partial charge in [0.1, 0.15) is 22.1 Å². The smallest absolute Gasteiger partial charge is 0.352 e. The van der Waals surface area contributed by atoms with Gasteiger partial charge < -0.3 is 15.3 Å². The van der Waals surface area contributed by atoms with Crippen molar-refractivity contribution in [3.63, 3.8) is 0 Å². The molecule has 0 bridgehead atoms. The fraction of sp³-hybridized carbons (Fsp3) is 0.312. The van der Waals surface area contributed by atoms with Crippen molar-refractivity contribution in [2.24, 2.45) is 0 Å². The molecule has 120 valence electrons. The van der Waals surface area contributed by atoms with E-state index in [0.717, 1.165) is 11.1 Å². The highest BCUT2D eigenvalue weighted by atomic mass is 32.2. The van der Waals surface area contributed by atoms with Gasteiger partial charge in [-0.3, -0.25) is 4.79 Å². The Morgan fingerprint density at radius 1 is 1.39 bits per heavy atom. The van der Waals surface area contributed by atoms with Gasteiger partial charge in [-0.05, 0) is 18.1 Å². The molecular weight excluding hydrogens is 332 g/mol. The molecule has 1 aromatic carbocycles. The lowest BCUT2D eigenvalue weighted by molar-refractivity contribution is -0.134. The van der Waals surface area contributed by atoms with Crippen molar-refractivity contribution in [1.82, 2.24) is 10.2 Å². The molecule has 2 atom stereocenters. The number of fused-ring (bicyclic) bond motifs is 1. The van der Waals surface area contributed by atoms with Gasteiger partial charge in [0, 0.05) is 5.75 Å². The van der Waals surface area contributed by atoms with Crippen LogP contribution in [-0.2, 0) is 16.0 Å². The number of hydrogen-bond acceptors (Lipinski definition) is 4. The number of carbonyl (C=O) groups is 2. The molecule has 3 rings (SSSR count). The van der Waals surface area contributed by atoms with E-state index >= 15 is 0 Å². The average molecular weight is 348 g/mol. The Hall–Kier alpha value is -1.86. The molecule has 5 nitrogen and oxygen atoms in total. The van der Waals surface area contributed by atoms with E-state index in [-0.39, 0.29) is 29.4 Å². The number of nitrogens with one attached hydrogen (secondary N) is 1. The number of carboxylic acid groups (broad SMARTS) is 1. The summed E-state index contributed by atoms with van der Waals surface area (Å²) in [5.74, 6) is -0.438. The molecule has 1 saturated heterocycles. The summed E-state index contributed by atoms with van der Waals surface area (Å²) in [6, 6.07) is 9.20. The van der Waals surface area contributed by atoms with Gasteiger partial charge in [0.15, 0.2) is 0 Å². The first kappa shape index (κ1) is 16.0. The molecular formula is C16H16N2O3S2. The van der Waals surface area contributed by atoms with E-state index in [1.54, 1.807) is 23.6 Å². The summed E-state index contributed by atoms with van der Waals surface area (Å²) in [5.41, 5.74) is 1.99. The minimum atomic E-state index is -0.968. The summed E-state index contributed by atoms with van der Waals surface area (Å²) < 4.78 is 0. The number of hydrogen-bond donors (Lipinski definition) is 2. The Balaban J connectivity index is 1.67.